The lowest BCUT2D eigenvalue weighted by molar-refractivity contribution is -0.143. The van der Waals surface area contributed by atoms with Crippen molar-refractivity contribution in [2.45, 2.75) is 40.0 Å². The van der Waals surface area contributed by atoms with Gasteiger partial charge in [0, 0.05) is 12.2 Å². The summed E-state index contributed by atoms with van der Waals surface area (Å²) in [5.74, 6) is -2.32. The number of carbonyl (C=O) groups excluding carboxylic acids is 4. The molecule has 0 radical (unpaired) electrons. The standard InChI is InChI=1S/C19H25N3O4/c1-4-5-6-14-7-9-15(10-8-14)20-16(23)12-22-18(25)17(24)21(19(22)26)11-13(2)3/h7-10,13H,4-6,11-12H2,1-3H3,(H,20,23). The number of imide groups is 2. The largest absolute Gasteiger partial charge is 0.334 e. The van der Waals surface area contributed by atoms with Gasteiger partial charge >= 0.3 is 17.8 Å². The molecule has 0 aliphatic carbocycles. The number of hydrogen-bond acceptors (Lipinski definition) is 4. The monoisotopic (exact) mass is 359 g/mol. The summed E-state index contributed by atoms with van der Waals surface area (Å²) >= 11 is 0. The second kappa shape index (κ2) is 8.60. The zero-order valence-electron chi connectivity index (χ0n) is 15.4. The molecule has 7 heteroatoms. The van der Waals surface area contributed by atoms with Crippen molar-refractivity contribution in [3.05, 3.63) is 29.8 Å². The van der Waals surface area contributed by atoms with Gasteiger partial charge in [0.05, 0.1) is 0 Å². The van der Waals surface area contributed by atoms with E-state index in [1.165, 1.54) is 5.56 Å². The Morgan fingerprint density at radius 1 is 1.04 bits per heavy atom. The number of unbranched alkanes of at least 4 members (excludes halogenated alkanes) is 1. The molecule has 1 heterocycles. The molecule has 26 heavy (non-hydrogen) atoms. The Balaban J connectivity index is 1.95. The first-order chi connectivity index (χ1) is 12.3. The molecule has 0 spiro atoms. The van der Waals surface area contributed by atoms with Crippen LogP contribution in [0.1, 0.15) is 39.2 Å². The minimum Gasteiger partial charge on any atom is -0.325 e. The molecule has 2 rings (SSSR count). The van der Waals surface area contributed by atoms with Gasteiger partial charge in [-0.15, -0.1) is 0 Å². The lowest BCUT2D eigenvalue weighted by atomic mass is 10.1. The minimum absolute atomic E-state index is 0.0377. The van der Waals surface area contributed by atoms with Crippen LogP contribution < -0.4 is 5.32 Å². The quantitative estimate of drug-likeness (QED) is 0.570. The summed E-state index contributed by atoms with van der Waals surface area (Å²) in [4.78, 5) is 49.9. The first-order valence-electron chi connectivity index (χ1n) is 8.89. The third-order valence-corrected chi connectivity index (χ3v) is 4.04. The molecule has 1 aromatic carbocycles. The molecule has 0 bridgehead atoms. The Hall–Kier alpha value is -2.70. The van der Waals surface area contributed by atoms with Crippen LogP contribution in [-0.4, -0.2) is 46.6 Å². The van der Waals surface area contributed by atoms with Gasteiger partial charge in [0.2, 0.25) is 5.91 Å². The Kier molecular flexibility index (Phi) is 6.49. The van der Waals surface area contributed by atoms with E-state index in [4.69, 9.17) is 0 Å². The number of aryl methyl sites for hydroxylation is 1. The molecule has 1 N–H and O–H groups in total. The molecule has 0 atom stereocenters. The summed E-state index contributed by atoms with van der Waals surface area (Å²) < 4.78 is 0. The first kappa shape index (κ1) is 19.6. The number of hydrogen-bond donors (Lipinski definition) is 1. The summed E-state index contributed by atoms with van der Waals surface area (Å²) in [7, 11) is 0. The van der Waals surface area contributed by atoms with Gasteiger partial charge in [-0.05, 0) is 36.5 Å². The van der Waals surface area contributed by atoms with Gasteiger partial charge in [0.25, 0.3) is 0 Å². The summed E-state index contributed by atoms with van der Waals surface area (Å²) in [6.45, 7) is 5.48. The fourth-order valence-corrected chi connectivity index (χ4v) is 2.70. The highest BCUT2D eigenvalue weighted by Gasteiger charge is 2.45. The van der Waals surface area contributed by atoms with Crippen molar-refractivity contribution in [3.63, 3.8) is 0 Å². The maximum atomic E-state index is 12.2. The molecule has 5 amide bonds. The van der Waals surface area contributed by atoms with E-state index in [0.29, 0.717) is 10.6 Å². The van der Waals surface area contributed by atoms with Gasteiger partial charge in [-0.3, -0.25) is 19.3 Å². The molecule has 0 unspecified atom stereocenters. The van der Waals surface area contributed by atoms with Gasteiger partial charge in [-0.1, -0.05) is 39.3 Å². The fraction of sp³-hybridized carbons (Fsp3) is 0.474. The van der Waals surface area contributed by atoms with Crippen molar-refractivity contribution in [1.82, 2.24) is 9.80 Å². The van der Waals surface area contributed by atoms with E-state index >= 15 is 0 Å². The molecular formula is C19H25N3O4. The van der Waals surface area contributed by atoms with Crippen LogP contribution >= 0.6 is 0 Å². The Labute approximate surface area is 153 Å². The van der Waals surface area contributed by atoms with Crippen LogP contribution in [0.3, 0.4) is 0 Å². The Morgan fingerprint density at radius 3 is 2.23 bits per heavy atom. The van der Waals surface area contributed by atoms with Gasteiger partial charge in [0.15, 0.2) is 0 Å². The van der Waals surface area contributed by atoms with E-state index in [1.54, 1.807) is 12.1 Å². The highest BCUT2D eigenvalue weighted by atomic mass is 16.2. The maximum absolute atomic E-state index is 12.2. The minimum atomic E-state index is -0.958. The van der Waals surface area contributed by atoms with E-state index < -0.39 is 30.3 Å². The van der Waals surface area contributed by atoms with Crippen molar-refractivity contribution in [2.75, 3.05) is 18.4 Å². The highest BCUT2D eigenvalue weighted by Crippen LogP contribution is 2.15. The molecule has 1 aromatic rings. The topological polar surface area (TPSA) is 86.8 Å². The third kappa shape index (κ3) is 4.68. The van der Waals surface area contributed by atoms with Crippen LogP contribution in [0.15, 0.2) is 24.3 Å². The van der Waals surface area contributed by atoms with Crippen LogP contribution in [0, 0.1) is 5.92 Å². The number of nitrogens with one attached hydrogen (secondary N) is 1. The number of benzene rings is 1. The second-order valence-corrected chi connectivity index (χ2v) is 6.83. The van der Waals surface area contributed by atoms with Crippen LogP contribution in [0.2, 0.25) is 0 Å². The first-order valence-corrected chi connectivity index (χ1v) is 8.89. The number of rotatable bonds is 8. The van der Waals surface area contributed by atoms with E-state index in [-0.39, 0.29) is 12.5 Å². The molecule has 1 saturated heterocycles. The summed E-state index contributed by atoms with van der Waals surface area (Å²) in [5.41, 5.74) is 1.77. The average molecular weight is 359 g/mol. The molecule has 7 nitrogen and oxygen atoms in total. The van der Waals surface area contributed by atoms with Gasteiger partial charge in [0.1, 0.15) is 6.54 Å². The van der Waals surface area contributed by atoms with E-state index in [1.807, 2.05) is 26.0 Å². The van der Waals surface area contributed by atoms with E-state index in [0.717, 1.165) is 24.2 Å². The normalized spacial score (nSPS) is 14.5. The SMILES string of the molecule is CCCCc1ccc(NC(=O)CN2C(=O)C(=O)N(CC(C)C)C2=O)cc1. The van der Waals surface area contributed by atoms with Gasteiger partial charge in [-0.2, -0.15) is 0 Å². The fourth-order valence-electron chi connectivity index (χ4n) is 2.70. The number of nitrogens with zero attached hydrogens (tertiary/aromatic N) is 2. The zero-order valence-corrected chi connectivity index (χ0v) is 15.4. The van der Waals surface area contributed by atoms with E-state index in [2.05, 4.69) is 12.2 Å². The van der Waals surface area contributed by atoms with Gasteiger partial charge in [-0.25, -0.2) is 9.69 Å². The highest BCUT2D eigenvalue weighted by molar-refractivity contribution is 6.45. The van der Waals surface area contributed by atoms with E-state index in [9.17, 15) is 19.2 Å². The summed E-state index contributed by atoms with van der Waals surface area (Å²) in [5, 5.41) is 2.65. The molecule has 0 saturated carbocycles. The summed E-state index contributed by atoms with van der Waals surface area (Å²) in [6, 6.07) is 6.70. The number of anilines is 1. The lowest BCUT2D eigenvalue weighted by Gasteiger charge is -2.16. The third-order valence-electron chi connectivity index (χ3n) is 4.04. The van der Waals surface area contributed by atoms with Gasteiger partial charge < -0.3 is 5.32 Å². The van der Waals surface area contributed by atoms with Crippen molar-refractivity contribution >= 4 is 29.4 Å². The molecule has 0 aromatic heterocycles. The molecule has 1 aliphatic rings. The smallest absolute Gasteiger partial charge is 0.325 e. The van der Waals surface area contributed by atoms with Crippen LogP contribution in [0.25, 0.3) is 0 Å². The summed E-state index contributed by atoms with van der Waals surface area (Å²) in [6.07, 6.45) is 3.20. The van der Waals surface area contributed by atoms with Crippen molar-refractivity contribution in [1.29, 1.82) is 0 Å². The number of carbonyl (C=O) groups is 4. The van der Waals surface area contributed by atoms with Crippen molar-refractivity contribution in [3.8, 4) is 0 Å². The zero-order chi connectivity index (χ0) is 19.3. The maximum Gasteiger partial charge on any atom is 0.334 e. The number of urea groups is 1. The predicted molar refractivity (Wildman–Crippen MR) is 97.3 cm³/mol. The van der Waals surface area contributed by atoms with Crippen LogP contribution in [-0.2, 0) is 20.8 Å². The number of amides is 5. The molecule has 140 valence electrons. The Bertz CT molecular complexity index is 697. The Morgan fingerprint density at radius 2 is 1.65 bits per heavy atom. The molecule has 1 aliphatic heterocycles. The van der Waals surface area contributed by atoms with Crippen LogP contribution in [0.5, 0.6) is 0 Å². The second-order valence-electron chi connectivity index (χ2n) is 6.83. The average Bonchev–Trinajstić information content (AvgIpc) is 2.79. The van der Waals surface area contributed by atoms with Crippen LogP contribution in [0.4, 0.5) is 10.5 Å². The molecular weight excluding hydrogens is 334 g/mol. The van der Waals surface area contributed by atoms with Crippen molar-refractivity contribution < 1.29 is 19.2 Å². The lowest BCUT2D eigenvalue weighted by Crippen LogP contribution is -2.39. The molecule has 1 fully saturated rings. The predicted octanol–water partition coefficient (Wildman–Crippen LogP) is 2.41. The van der Waals surface area contributed by atoms with Crippen molar-refractivity contribution in [2.24, 2.45) is 5.92 Å².